The van der Waals surface area contributed by atoms with Gasteiger partial charge < -0.3 is 19.7 Å². The van der Waals surface area contributed by atoms with Crippen molar-refractivity contribution >= 4 is 23.7 Å². The predicted octanol–water partition coefficient (Wildman–Crippen LogP) is 1.56. The molecule has 0 aromatic heterocycles. The van der Waals surface area contributed by atoms with Gasteiger partial charge in [0.05, 0.1) is 18.3 Å². The molecule has 146 valence electrons. The van der Waals surface area contributed by atoms with Crippen molar-refractivity contribution in [3.8, 4) is 0 Å². The summed E-state index contributed by atoms with van der Waals surface area (Å²) in [6.07, 6.45) is 3.45. The quantitative estimate of drug-likeness (QED) is 0.391. The number of aliphatic carboxylic acids is 1. The van der Waals surface area contributed by atoms with Gasteiger partial charge in [0.25, 0.3) is 0 Å². The Bertz CT molecular complexity index is 549. The van der Waals surface area contributed by atoms with E-state index in [1.165, 1.54) is 13.0 Å². The minimum Gasteiger partial charge on any atom is -0.478 e. The predicted molar refractivity (Wildman–Crippen MR) is 92.2 cm³/mol. The first-order chi connectivity index (χ1) is 12.1. The van der Waals surface area contributed by atoms with Gasteiger partial charge in [-0.15, -0.1) is 0 Å². The molecule has 0 heterocycles. The number of allylic oxidation sites excluding steroid dienone is 1. The molecular formula is C18H26O8. The Morgan fingerprint density at radius 2 is 1.54 bits per heavy atom. The zero-order valence-electron chi connectivity index (χ0n) is 15.2. The molecule has 0 amide bonds. The van der Waals surface area contributed by atoms with E-state index in [0.29, 0.717) is 12.8 Å². The second-order valence-electron chi connectivity index (χ2n) is 5.85. The van der Waals surface area contributed by atoms with Crippen LogP contribution in [-0.2, 0) is 28.7 Å². The Labute approximate surface area is 152 Å². The number of rotatable bonds is 12. The van der Waals surface area contributed by atoms with Gasteiger partial charge in [-0.2, -0.15) is 0 Å². The van der Waals surface area contributed by atoms with Crippen molar-refractivity contribution in [3.63, 3.8) is 0 Å². The second-order valence-corrected chi connectivity index (χ2v) is 5.85. The molecule has 0 radical (unpaired) electrons. The number of carboxylic acid groups (broad SMARTS) is 1. The number of aliphatic hydroxyl groups excluding tert-OH is 1. The maximum absolute atomic E-state index is 11.6. The van der Waals surface area contributed by atoms with Crippen molar-refractivity contribution in [1.29, 1.82) is 0 Å². The third-order valence-corrected chi connectivity index (χ3v) is 3.22. The largest absolute Gasteiger partial charge is 0.478 e. The number of hydrogen-bond acceptors (Lipinski definition) is 7. The van der Waals surface area contributed by atoms with E-state index in [1.807, 2.05) is 0 Å². The highest BCUT2D eigenvalue weighted by atomic mass is 16.5. The third-order valence-electron chi connectivity index (χ3n) is 3.22. The molecule has 8 nitrogen and oxygen atoms in total. The Morgan fingerprint density at radius 3 is 2.12 bits per heavy atom. The average molecular weight is 370 g/mol. The van der Waals surface area contributed by atoms with Gasteiger partial charge in [-0.3, -0.25) is 9.59 Å². The number of ether oxygens (including phenoxy) is 2. The zero-order valence-corrected chi connectivity index (χ0v) is 15.2. The lowest BCUT2D eigenvalue weighted by molar-refractivity contribution is -0.146. The molecule has 0 spiro atoms. The van der Waals surface area contributed by atoms with Gasteiger partial charge in [-0.05, 0) is 45.3 Å². The average Bonchev–Trinajstić information content (AvgIpc) is 2.53. The Morgan fingerprint density at radius 1 is 0.923 bits per heavy atom. The number of carboxylic acids is 1. The van der Waals surface area contributed by atoms with Gasteiger partial charge in [0.2, 0.25) is 0 Å². The normalized spacial score (nSPS) is 14.8. The third kappa shape index (κ3) is 13.9. The highest BCUT2D eigenvalue weighted by Crippen LogP contribution is 2.07. The Kier molecular flexibility index (Phi) is 11.6. The van der Waals surface area contributed by atoms with Crippen LogP contribution in [0.2, 0.25) is 0 Å². The lowest BCUT2D eigenvalue weighted by atomic mass is 10.1. The molecule has 0 saturated carbocycles. The van der Waals surface area contributed by atoms with Gasteiger partial charge in [-0.1, -0.05) is 0 Å². The fraction of sp³-hybridized carbons (Fsp3) is 0.556. The van der Waals surface area contributed by atoms with Crippen LogP contribution in [0, 0.1) is 0 Å². The minimum atomic E-state index is -1.20. The van der Waals surface area contributed by atoms with Crippen LogP contribution in [0.5, 0.6) is 0 Å². The van der Waals surface area contributed by atoms with Crippen LogP contribution in [0.15, 0.2) is 24.3 Å². The molecule has 0 aliphatic heterocycles. The van der Waals surface area contributed by atoms with Crippen molar-refractivity contribution in [3.05, 3.63) is 24.3 Å². The van der Waals surface area contributed by atoms with E-state index in [0.717, 1.165) is 18.2 Å². The molecule has 0 aliphatic carbocycles. The molecule has 3 atom stereocenters. The zero-order chi connectivity index (χ0) is 20.1. The van der Waals surface area contributed by atoms with Crippen LogP contribution in [0.3, 0.4) is 0 Å². The van der Waals surface area contributed by atoms with E-state index in [9.17, 15) is 24.3 Å². The second kappa shape index (κ2) is 12.8. The molecule has 0 unspecified atom stereocenters. The standard InChI is InChI=1S/C18H26O8/c1-12(25-14(3)19)4-6-16(21)9-11-18(24)26-13(2)5-7-15(20)8-10-17(22)23/h8-13,16,21H,4-7H2,1-3H3,(H,22,23)/b10-8+,11-9+/t12-,13-,16+/m1/s1. The summed E-state index contributed by atoms with van der Waals surface area (Å²) in [5.41, 5.74) is 0. The molecule has 0 aromatic carbocycles. The van der Waals surface area contributed by atoms with E-state index < -0.39 is 30.1 Å². The van der Waals surface area contributed by atoms with Crippen molar-refractivity contribution in [2.45, 2.75) is 64.8 Å². The summed E-state index contributed by atoms with van der Waals surface area (Å²) < 4.78 is 9.98. The molecule has 0 fully saturated rings. The van der Waals surface area contributed by atoms with Gasteiger partial charge >= 0.3 is 17.9 Å². The van der Waals surface area contributed by atoms with E-state index in [4.69, 9.17) is 14.6 Å². The van der Waals surface area contributed by atoms with Crippen molar-refractivity contribution in [2.75, 3.05) is 0 Å². The monoisotopic (exact) mass is 370 g/mol. The molecule has 0 aliphatic rings. The highest BCUT2D eigenvalue weighted by Gasteiger charge is 2.11. The minimum absolute atomic E-state index is 0.0542. The summed E-state index contributed by atoms with van der Waals surface area (Å²) in [5, 5.41) is 18.2. The molecule has 0 rings (SSSR count). The van der Waals surface area contributed by atoms with E-state index in [1.54, 1.807) is 13.8 Å². The lowest BCUT2D eigenvalue weighted by Crippen LogP contribution is -2.16. The number of aliphatic hydroxyl groups is 1. The van der Waals surface area contributed by atoms with Crippen molar-refractivity contribution < 1.29 is 38.9 Å². The molecule has 8 heteroatoms. The number of carbonyl (C=O) groups excluding carboxylic acids is 3. The van der Waals surface area contributed by atoms with Gasteiger partial charge in [0, 0.05) is 25.5 Å². The van der Waals surface area contributed by atoms with Crippen LogP contribution in [0.25, 0.3) is 0 Å². The van der Waals surface area contributed by atoms with Crippen LogP contribution in [0.1, 0.15) is 46.5 Å². The summed E-state index contributed by atoms with van der Waals surface area (Å²) in [6.45, 7) is 4.62. The van der Waals surface area contributed by atoms with Crippen LogP contribution < -0.4 is 0 Å². The van der Waals surface area contributed by atoms with Crippen LogP contribution >= 0.6 is 0 Å². The maximum Gasteiger partial charge on any atom is 0.330 e. The Balaban J connectivity index is 4.11. The first kappa shape index (κ1) is 23.5. The molecule has 2 N–H and O–H groups in total. The van der Waals surface area contributed by atoms with Gasteiger partial charge in [-0.25, -0.2) is 9.59 Å². The number of hydrogen-bond donors (Lipinski definition) is 2. The molecule has 0 saturated heterocycles. The fourth-order valence-corrected chi connectivity index (χ4v) is 1.92. The first-order valence-electron chi connectivity index (χ1n) is 8.28. The smallest absolute Gasteiger partial charge is 0.330 e. The highest BCUT2D eigenvalue weighted by molar-refractivity contribution is 5.95. The van der Waals surface area contributed by atoms with E-state index in [2.05, 4.69) is 0 Å². The van der Waals surface area contributed by atoms with Crippen molar-refractivity contribution in [1.82, 2.24) is 0 Å². The first-order valence-corrected chi connectivity index (χ1v) is 8.28. The summed E-state index contributed by atoms with van der Waals surface area (Å²) in [4.78, 5) is 44.1. The fourth-order valence-electron chi connectivity index (χ4n) is 1.92. The van der Waals surface area contributed by atoms with Crippen LogP contribution in [0.4, 0.5) is 0 Å². The molecule has 0 bridgehead atoms. The topological polar surface area (TPSA) is 127 Å². The van der Waals surface area contributed by atoms with Crippen molar-refractivity contribution in [2.24, 2.45) is 0 Å². The van der Waals surface area contributed by atoms with Crippen LogP contribution in [-0.4, -0.2) is 52.2 Å². The summed E-state index contributed by atoms with van der Waals surface area (Å²) >= 11 is 0. The number of carbonyl (C=O) groups is 4. The Hall–Kier alpha value is -2.48. The van der Waals surface area contributed by atoms with Gasteiger partial charge in [0.15, 0.2) is 5.78 Å². The maximum atomic E-state index is 11.6. The summed E-state index contributed by atoms with van der Waals surface area (Å²) in [6, 6.07) is 0. The van der Waals surface area contributed by atoms with E-state index >= 15 is 0 Å². The van der Waals surface area contributed by atoms with E-state index in [-0.39, 0.29) is 24.7 Å². The number of ketones is 1. The summed E-state index contributed by atoms with van der Waals surface area (Å²) in [5.74, 6) is -2.62. The van der Waals surface area contributed by atoms with Gasteiger partial charge in [0.1, 0.15) is 0 Å². The molecule has 26 heavy (non-hydrogen) atoms. The molecular weight excluding hydrogens is 344 g/mol. The lowest BCUT2D eigenvalue weighted by Gasteiger charge is -2.13. The molecule has 0 aromatic rings. The SMILES string of the molecule is CC(=O)O[C@H](C)CC[C@H](O)/C=C/C(=O)O[C@H](C)CCC(=O)/C=C/C(=O)O. The summed E-state index contributed by atoms with van der Waals surface area (Å²) in [7, 11) is 0. The number of esters is 2.